The fourth-order valence-corrected chi connectivity index (χ4v) is 2.38. The molecule has 68 valence electrons. The van der Waals surface area contributed by atoms with E-state index in [9.17, 15) is 4.57 Å². The van der Waals surface area contributed by atoms with Gasteiger partial charge in [-0.3, -0.25) is 9.05 Å². The van der Waals surface area contributed by atoms with E-state index in [1.807, 2.05) is 0 Å². The first kappa shape index (κ1) is 11.8. The highest BCUT2D eigenvalue weighted by atomic mass is 35.7. The largest absolute Gasteiger partial charge is 0.487 e. The van der Waals surface area contributed by atoms with Gasteiger partial charge < -0.3 is 0 Å². The van der Waals surface area contributed by atoms with E-state index in [-0.39, 0.29) is 13.2 Å². The van der Waals surface area contributed by atoms with Crippen molar-refractivity contribution in [3.8, 4) is 0 Å². The third-order valence-electron chi connectivity index (χ3n) is 0.694. The van der Waals surface area contributed by atoms with E-state index in [0.29, 0.717) is 11.3 Å². The molecule has 0 radical (unpaired) electrons. The zero-order valence-electron chi connectivity index (χ0n) is 6.28. The molecule has 0 fully saturated rings. The lowest BCUT2D eigenvalue weighted by Crippen LogP contribution is -1.95. The number of hydrogen-bond donors (Lipinski definition) is 0. The van der Waals surface area contributed by atoms with Gasteiger partial charge in [-0.2, -0.15) is 3.97 Å². The molecule has 0 rings (SSSR count). The molecular weight excluding hydrogens is 211 g/mol. The summed E-state index contributed by atoms with van der Waals surface area (Å²) in [6.45, 7) is 3.89. The maximum absolute atomic E-state index is 11.2. The van der Waals surface area contributed by atoms with Crippen molar-refractivity contribution in [2.75, 3.05) is 13.2 Å². The van der Waals surface area contributed by atoms with Gasteiger partial charge in [-0.1, -0.05) is 0 Å². The van der Waals surface area contributed by atoms with Crippen LogP contribution in [0.2, 0.25) is 0 Å². The normalized spacial score (nSPS) is 11.9. The minimum Gasteiger partial charge on any atom is -0.287 e. The van der Waals surface area contributed by atoms with E-state index >= 15 is 0 Å². The van der Waals surface area contributed by atoms with Crippen molar-refractivity contribution in [2.45, 2.75) is 13.8 Å². The van der Waals surface area contributed by atoms with Crippen LogP contribution in [0.3, 0.4) is 0 Å². The summed E-state index contributed by atoms with van der Waals surface area (Å²) in [6.07, 6.45) is 0. The Kier molecular flexibility index (Phi) is 6.71. The molecule has 0 aromatic heterocycles. The van der Waals surface area contributed by atoms with Gasteiger partial charge >= 0.3 is 7.82 Å². The standard InChI is InChI=1S/C4H10ClO4PS/c1-3-7-10(6,8-4-2)9-11-5/h3-4H2,1-2H3. The van der Waals surface area contributed by atoms with Crippen LogP contribution in [0, 0.1) is 0 Å². The van der Waals surface area contributed by atoms with Gasteiger partial charge in [0.2, 0.25) is 0 Å². The van der Waals surface area contributed by atoms with E-state index in [0.717, 1.165) is 0 Å². The van der Waals surface area contributed by atoms with Gasteiger partial charge in [-0.15, -0.1) is 0 Å². The summed E-state index contributed by atoms with van der Waals surface area (Å²) in [5.74, 6) is 0. The third kappa shape index (κ3) is 5.06. The maximum atomic E-state index is 11.2. The second kappa shape index (κ2) is 6.29. The fraction of sp³-hybridized carbons (Fsp3) is 1.00. The molecule has 11 heavy (non-hydrogen) atoms. The number of hydrogen-bond acceptors (Lipinski definition) is 5. The Morgan fingerprint density at radius 3 is 2.09 bits per heavy atom. The molecule has 0 N–H and O–H groups in total. The lowest BCUT2D eigenvalue weighted by Gasteiger charge is -2.12. The lowest BCUT2D eigenvalue weighted by atomic mass is 10.9. The molecule has 0 aliphatic rings. The van der Waals surface area contributed by atoms with E-state index in [4.69, 9.17) is 19.7 Å². The minimum atomic E-state index is -3.39. The van der Waals surface area contributed by atoms with Crippen molar-refractivity contribution in [2.24, 2.45) is 0 Å². The highest BCUT2D eigenvalue weighted by Gasteiger charge is 2.25. The van der Waals surface area contributed by atoms with Crippen LogP contribution >= 0.6 is 29.8 Å². The Morgan fingerprint density at radius 2 is 1.82 bits per heavy atom. The van der Waals surface area contributed by atoms with Crippen molar-refractivity contribution in [1.82, 2.24) is 0 Å². The Balaban J connectivity index is 3.91. The second-order valence-electron chi connectivity index (χ2n) is 1.42. The van der Waals surface area contributed by atoms with E-state index in [1.165, 1.54) is 0 Å². The van der Waals surface area contributed by atoms with Crippen molar-refractivity contribution in [3.63, 3.8) is 0 Å². The fourth-order valence-electron chi connectivity index (χ4n) is 0.431. The molecule has 0 heterocycles. The second-order valence-corrected chi connectivity index (χ2v) is 3.93. The first-order chi connectivity index (χ1) is 5.18. The Morgan fingerprint density at radius 1 is 1.36 bits per heavy atom. The van der Waals surface area contributed by atoms with Crippen LogP contribution in [0.25, 0.3) is 0 Å². The summed E-state index contributed by atoms with van der Waals surface area (Å²) in [4.78, 5) is 0. The molecule has 0 unspecified atom stereocenters. The van der Waals surface area contributed by atoms with Crippen LogP contribution in [0.15, 0.2) is 0 Å². The number of phosphoric ester groups is 1. The number of halogens is 1. The summed E-state index contributed by atoms with van der Waals surface area (Å²) in [5, 5.41) is 0. The summed E-state index contributed by atoms with van der Waals surface area (Å²) >= 11 is 0.448. The van der Waals surface area contributed by atoms with Crippen molar-refractivity contribution in [3.05, 3.63) is 0 Å². The van der Waals surface area contributed by atoms with Gasteiger partial charge in [0.05, 0.1) is 13.2 Å². The van der Waals surface area contributed by atoms with Gasteiger partial charge in [0.25, 0.3) is 0 Å². The molecule has 0 aliphatic heterocycles. The first-order valence-electron chi connectivity index (χ1n) is 3.04. The van der Waals surface area contributed by atoms with Crippen LogP contribution in [0.1, 0.15) is 13.8 Å². The van der Waals surface area contributed by atoms with Gasteiger partial charge in [-0.25, -0.2) is 4.57 Å². The molecule has 0 spiro atoms. The van der Waals surface area contributed by atoms with Crippen LogP contribution in [0.5, 0.6) is 0 Å². The van der Waals surface area contributed by atoms with Crippen LogP contribution in [-0.2, 0) is 17.6 Å². The Bertz CT molecular complexity index is 120. The summed E-state index contributed by atoms with van der Waals surface area (Å²) in [5.41, 5.74) is 0. The van der Waals surface area contributed by atoms with Gasteiger partial charge in [0, 0.05) is 0 Å². The maximum Gasteiger partial charge on any atom is 0.487 e. The lowest BCUT2D eigenvalue weighted by molar-refractivity contribution is 0.175. The van der Waals surface area contributed by atoms with E-state index < -0.39 is 7.82 Å². The molecular formula is C4H10ClO4PS. The summed E-state index contributed by atoms with van der Waals surface area (Å²) in [7, 11) is 1.73. The van der Waals surface area contributed by atoms with E-state index in [2.05, 4.69) is 3.97 Å². The summed E-state index contributed by atoms with van der Waals surface area (Å²) < 4.78 is 25.2. The zero-order valence-corrected chi connectivity index (χ0v) is 8.75. The molecule has 0 aromatic rings. The predicted octanol–water partition coefficient (Wildman–Crippen LogP) is 2.99. The topological polar surface area (TPSA) is 44.8 Å². The molecule has 0 atom stereocenters. The van der Waals surface area contributed by atoms with Crippen LogP contribution in [0.4, 0.5) is 0 Å². The average molecular weight is 221 g/mol. The average Bonchev–Trinajstić information content (AvgIpc) is 1.88. The molecule has 0 saturated heterocycles. The molecule has 0 amide bonds. The zero-order chi connectivity index (χ0) is 8.74. The number of phosphoric acid groups is 1. The van der Waals surface area contributed by atoms with Crippen molar-refractivity contribution in [1.29, 1.82) is 0 Å². The van der Waals surface area contributed by atoms with Crippen molar-refractivity contribution >= 4 is 29.8 Å². The van der Waals surface area contributed by atoms with Gasteiger partial charge in [-0.05, 0) is 24.5 Å². The molecule has 7 heteroatoms. The number of rotatable bonds is 6. The summed E-state index contributed by atoms with van der Waals surface area (Å²) in [6, 6.07) is 0. The van der Waals surface area contributed by atoms with Crippen LogP contribution < -0.4 is 0 Å². The Labute approximate surface area is 74.9 Å². The molecule has 0 aliphatic carbocycles. The SMILES string of the molecule is CCOP(=O)(OCC)OSCl. The minimum absolute atomic E-state index is 0.259. The van der Waals surface area contributed by atoms with Crippen LogP contribution in [-0.4, -0.2) is 13.2 Å². The third-order valence-corrected chi connectivity index (χ3v) is 3.31. The quantitative estimate of drug-likeness (QED) is 0.509. The molecule has 0 bridgehead atoms. The van der Waals surface area contributed by atoms with E-state index in [1.54, 1.807) is 13.8 Å². The van der Waals surface area contributed by atoms with Gasteiger partial charge in [0.1, 0.15) is 11.3 Å². The smallest absolute Gasteiger partial charge is 0.287 e. The monoisotopic (exact) mass is 220 g/mol. The highest BCUT2D eigenvalue weighted by molar-refractivity contribution is 8.19. The predicted molar refractivity (Wildman–Crippen MR) is 45.4 cm³/mol. The van der Waals surface area contributed by atoms with Gasteiger partial charge in [0.15, 0.2) is 0 Å². The molecule has 0 saturated carbocycles. The molecule has 0 aromatic carbocycles. The molecule has 4 nitrogen and oxygen atoms in total. The van der Waals surface area contributed by atoms with Crippen molar-refractivity contribution < 1.29 is 17.6 Å². The first-order valence-corrected chi connectivity index (χ1v) is 6.07. The highest BCUT2D eigenvalue weighted by Crippen LogP contribution is 2.53. The Hall–Kier alpha value is 0.750.